The average Bonchev–Trinajstić information content (AvgIpc) is 2.63. The molecule has 11 heteroatoms. The van der Waals surface area contributed by atoms with E-state index in [2.05, 4.69) is 10.1 Å². The van der Waals surface area contributed by atoms with Gasteiger partial charge in [-0.2, -0.15) is 27.6 Å². The monoisotopic (exact) mass is 387 g/mol. The molecule has 7 nitrogen and oxygen atoms in total. The van der Waals surface area contributed by atoms with Crippen LogP contribution < -0.4 is 19.6 Å². The summed E-state index contributed by atoms with van der Waals surface area (Å²) < 4.78 is 68.3. The molecule has 2 rings (SSSR count). The number of carbonyl (C=O) groups is 1. The molecule has 0 amide bonds. The Morgan fingerprint density at radius 3 is 2.04 bits per heavy atom. The van der Waals surface area contributed by atoms with Crippen LogP contribution in [0.5, 0.6) is 17.2 Å². The van der Waals surface area contributed by atoms with Gasteiger partial charge in [-0.1, -0.05) is 0 Å². The van der Waals surface area contributed by atoms with Crippen molar-refractivity contribution in [2.24, 2.45) is 5.10 Å². The zero-order chi connectivity index (χ0) is 20.1. The fraction of sp³-hybridized carbons (Fsp3) is 0.188. The number of nitrogens with one attached hydrogen (secondary N) is 1. The highest BCUT2D eigenvalue weighted by atomic mass is 19.2. The third kappa shape index (κ3) is 4.43. The molecule has 1 aromatic heterocycles. The minimum atomic E-state index is -1.82. The number of nitrogens with zero attached hydrogens (tertiary/aromatic N) is 2. The topological polar surface area (TPSA) is 82.0 Å². The summed E-state index contributed by atoms with van der Waals surface area (Å²) in [5, 5.41) is 3.52. The minimum Gasteiger partial charge on any atom is -0.493 e. The third-order valence-electron chi connectivity index (χ3n) is 3.12. The molecule has 0 aliphatic carbocycles. The highest BCUT2D eigenvalue weighted by Crippen LogP contribution is 2.38. The standard InChI is InChI=1S/C16H13F4N3O4/c1-7(24)27-14-9(25-2)4-8(5-10(14)26-3)6-21-23-13-11(17)15(19)22-16(20)12(13)18/h4-6H,1-3H3,(H,22,23)/b21-6-. The van der Waals surface area contributed by atoms with Gasteiger partial charge in [0.25, 0.3) is 11.9 Å². The lowest BCUT2D eigenvalue weighted by molar-refractivity contribution is -0.132. The van der Waals surface area contributed by atoms with Crippen molar-refractivity contribution in [2.45, 2.75) is 6.92 Å². The summed E-state index contributed by atoms with van der Waals surface area (Å²) in [7, 11) is 2.63. The van der Waals surface area contributed by atoms with Gasteiger partial charge < -0.3 is 14.2 Å². The molecule has 0 saturated carbocycles. The fourth-order valence-electron chi connectivity index (χ4n) is 1.98. The number of hydrazone groups is 1. The summed E-state index contributed by atoms with van der Waals surface area (Å²) in [6.45, 7) is 1.19. The fourth-order valence-corrected chi connectivity index (χ4v) is 1.98. The van der Waals surface area contributed by atoms with E-state index in [1.54, 1.807) is 0 Å². The SMILES string of the molecule is COc1cc(/C=N\Nc2c(F)c(F)nc(F)c2F)cc(OC)c1OC(C)=O. The van der Waals surface area contributed by atoms with E-state index in [9.17, 15) is 22.4 Å². The highest BCUT2D eigenvalue weighted by Gasteiger charge is 2.20. The Hall–Kier alpha value is -3.37. The molecule has 0 spiro atoms. The van der Waals surface area contributed by atoms with E-state index >= 15 is 0 Å². The van der Waals surface area contributed by atoms with E-state index in [0.29, 0.717) is 5.56 Å². The zero-order valence-corrected chi connectivity index (χ0v) is 14.3. The minimum absolute atomic E-state index is 0.0213. The first-order valence-corrected chi connectivity index (χ1v) is 7.22. The van der Waals surface area contributed by atoms with Crippen LogP contribution in [0.1, 0.15) is 12.5 Å². The van der Waals surface area contributed by atoms with Crippen LogP contribution in [0.4, 0.5) is 23.2 Å². The summed E-state index contributed by atoms with van der Waals surface area (Å²) in [6.07, 6.45) is 1.07. The largest absolute Gasteiger partial charge is 0.493 e. The molecular weight excluding hydrogens is 374 g/mol. The first kappa shape index (κ1) is 19.9. The second-order valence-electron chi connectivity index (χ2n) is 4.91. The van der Waals surface area contributed by atoms with Gasteiger partial charge in [0.1, 0.15) is 5.69 Å². The van der Waals surface area contributed by atoms with E-state index in [1.807, 2.05) is 5.43 Å². The van der Waals surface area contributed by atoms with Crippen LogP contribution in [0.15, 0.2) is 17.2 Å². The maximum absolute atomic E-state index is 13.5. The number of carbonyl (C=O) groups excluding carboxylic acids is 1. The Morgan fingerprint density at radius 2 is 1.59 bits per heavy atom. The van der Waals surface area contributed by atoms with Gasteiger partial charge in [-0.25, -0.2) is 0 Å². The van der Waals surface area contributed by atoms with E-state index in [0.717, 1.165) is 6.21 Å². The number of methoxy groups -OCH3 is 2. The molecule has 27 heavy (non-hydrogen) atoms. The molecule has 0 aliphatic heterocycles. The van der Waals surface area contributed by atoms with Crippen molar-refractivity contribution in [3.63, 3.8) is 0 Å². The molecule has 0 unspecified atom stereocenters. The second kappa shape index (κ2) is 8.34. The zero-order valence-electron chi connectivity index (χ0n) is 14.3. The van der Waals surface area contributed by atoms with Gasteiger partial charge in [-0.15, -0.1) is 0 Å². The number of ether oxygens (including phenoxy) is 3. The van der Waals surface area contributed by atoms with Crippen LogP contribution in [0, 0.1) is 23.5 Å². The molecule has 0 saturated heterocycles. The van der Waals surface area contributed by atoms with E-state index in [-0.39, 0.29) is 17.2 Å². The number of hydrogen-bond donors (Lipinski definition) is 1. The first-order chi connectivity index (χ1) is 12.8. The van der Waals surface area contributed by atoms with Gasteiger partial charge in [0.2, 0.25) is 17.4 Å². The lowest BCUT2D eigenvalue weighted by atomic mass is 10.2. The Kier molecular flexibility index (Phi) is 6.16. The molecule has 0 fully saturated rings. The molecule has 1 aromatic carbocycles. The van der Waals surface area contributed by atoms with Crippen LogP contribution >= 0.6 is 0 Å². The van der Waals surface area contributed by atoms with Crippen LogP contribution in [0.3, 0.4) is 0 Å². The lowest BCUT2D eigenvalue weighted by Crippen LogP contribution is -2.06. The molecule has 2 aromatic rings. The summed E-state index contributed by atoms with van der Waals surface area (Å²) in [4.78, 5) is 13.6. The molecular formula is C16H13F4N3O4. The smallest absolute Gasteiger partial charge is 0.308 e. The molecule has 1 N–H and O–H groups in total. The number of benzene rings is 1. The summed E-state index contributed by atoms with van der Waals surface area (Å²) in [5.74, 6) is -7.46. The number of hydrogen-bond acceptors (Lipinski definition) is 7. The van der Waals surface area contributed by atoms with Crippen molar-refractivity contribution in [2.75, 3.05) is 19.6 Å². The normalized spacial score (nSPS) is 10.8. The molecule has 144 valence electrons. The van der Waals surface area contributed by atoms with E-state index in [1.165, 1.54) is 33.3 Å². The number of halogens is 4. The number of rotatable bonds is 6. The quantitative estimate of drug-likeness (QED) is 0.205. The van der Waals surface area contributed by atoms with Gasteiger partial charge in [0.15, 0.2) is 11.5 Å². The van der Waals surface area contributed by atoms with Crippen molar-refractivity contribution in [3.8, 4) is 17.2 Å². The van der Waals surface area contributed by atoms with Gasteiger partial charge in [-0.3, -0.25) is 10.2 Å². The highest BCUT2D eigenvalue weighted by molar-refractivity contribution is 5.84. The number of esters is 1. The van der Waals surface area contributed by atoms with Crippen LogP contribution in [0.25, 0.3) is 0 Å². The molecule has 0 bridgehead atoms. The van der Waals surface area contributed by atoms with Gasteiger partial charge in [0, 0.05) is 12.5 Å². The molecule has 1 heterocycles. The van der Waals surface area contributed by atoms with E-state index < -0.39 is 35.2 Å². The Morgan fingerprint density at radius 1 is 1.07 bits per heavy atom. The summed E-state index contributed by atoms with van der Waals surface area (Å²) in [5.41, 5.74) is 1.01. The Bertz CT molecular complexity index is 854. The summed E-state index contributed by atoms with van der Waals surface area (Å²) in [6, 6.07) is 2.76. The molecule has 0 radical (unpaired) electrons. The molecule has 0 atom stereocenters. The number of aromatic nitrogens is 1. The predicted octanol–water partition coefficient (Wildman–Crippen LogP) is 3.03. The summed E-state index contributed by atoms with van der Waals surface area (Å²) >= 11 is 0. The van der Waals surface area contributed by atoms with Crippen molar-refractivity contribution in [1.82, 2.24) is 4.98 Å². The predicted molar refractivity (Wildman–Crippen MR) is 86.1 cm³/mol. The number of pyridine rings is 1. The van der Waals surface area contributed by atoms with Gasteiger partial charge in [-0.05, 0) is 12.1 Å². The maximum Gasteiger partial charge on any atom is 0.308 e. The molecule has 0 aliphatic rings. The van der Waals surface area contributed by atoms with Crippen molar-refractivity contribution < 1.29 is 36.6 Å². The van der Waals surface area contributed by atoms with E-state index in [4.69, 9.17) is 14.2 Å². The van der Waals surface area contributed by atoms with Crippen molar-refractivity contribution in [3.05, 3.63) is 41.2 Å². The van der Waals surface area contributed by atoms with Crippen LogP contribution in [0.2, 0.25) is 0 Å². The van der Waals surface area contributed by atoms with Crippen LogP contribution in [-0.4, -0.2) is 31.4 Å². The van der Waals surface area contributed by atoms with Gasteiger partial charge in [0.05, 0.1) is 20.4 Å². The Balaban J connectivity index is 2.34. The lowest BCUT2D eigenvalue weighted by Gasteiger charge is -2.13. The second-order valence-corrected chi connectivity index (χ2v) is 4.91. The van der Waals surface area contributed by atoms with Crippen molar-refractivity contribution >= 4 is 17.9 Å². The third-order valence-corrected chi connectivity index (χ3v) is 3.12. The number of anilines is 1. The average molecular weight is 387 g/mol. The maximum atomic E-state index is 13.5. The van der Waals surface area contributed by atoms with Gasteiger partial charge >= 0.3 is 5.97 Å². The van der Waals surface area contributed by atoms with Crippen molar-refractivity contribution in [1.29, 1.82) is 0 Å². The first-order valence-electron chi connectivity index (χ1n) is 7.22. The Labute approximate surface area is 150 Å². The van der Waals surface area contributed by atoms with Crippen LogP contribution in [-0.2, 0) is 4.79 Å².